The lowest BCUT2D eigenvalue weighted by atomic mass is 10.0. The van der Waals surface area contributed by atoms with Crippen LogP contribution in [0.5, 0.6) is 0 Å². The lowest BCUT2D eigenvalue weighted by molar-refractivity contribution is 0.439. The van der Waals surface area contributed by atoms with E-state index in [0.29, 0.717) is 5.88 Å². The maximum absolute atomic E-state index is 5.92. The largest absolute Gasteiger partial charge is 0.367 e. The Hall–Kier alpha value is -0.860. The van der Waals surface area contributed by atoms with E-state index in [0.717, 1.165) is 26.9 Å². The van der Waals surface area contributed by atoms with Crippen molar-refractivity contribution < 1.29 is 4.52 Å². The molecule has 0 aliphatic carbocycles. The first-order chi connectivity index (χ1) is 9.15. The van der Waals surface area contributed by atoms with Crippen LogP contribution in [0.1, 0.15) is 0 Å². The number of anilines is 1. The minimum absolute atomic E-state index is 0.342. The van der Waals surface area contributed by atoms with Crippen LogP contribution >= 0.6 is 49.9 Å². The molecule has 19 heavy (non-hydrogen) atoms. The van der Waals surface area contributed by atoms with Crippen molar-refractivity contribution in [2.24, 2.45) is 0 Å². The third-order valence-electron chi connectivity index (χ3n) is 2.67. The zero-order valence-corrected chi connectivity index (χ0v) is 14.1. The summed E-state index contributed by atoms with van der Waals surface area (Å²) < 4.78 is 7.37. The highest BCUT2D eigenvalue weighted by molar-refractivity contribution is 14.1. The molecule has 2 aromatic heterocycles. The highest BCUT2D eigenvalue weighted by Crippen LogP contribution is 2.38. The molecule has 3 aromatic rings. The summed E-state index contributed by atoms with van der Waals surface area (Å²) in [6.45, 7) is 0. The zero-order chi connectivity index (χ0) is 13.4. The van der Waals surface area contributed by atoms with Crippen molar-refractivity contribution in [3.63, 3.8) is 0 Å². The molecule has 0 aliphatic rings. The van der Waals surface area contributed by atoms with Crippen molar-refractivity contribution in [2.45, 2.75) is 0 Å². The molecule has 0 unspecified atom stereocenters. The van der Waals surface area contributed by atoms with Gasteiger partial charge in [-0.25, -0.2) is 0 Å². The van der Waals surface area contributed by atoms with Crippen LogP contribution in [0.3, 0.4) is 0 Å². The molecular formula is C13H8BrIN2OS. The first-order valence-corrected chi connectivity index (χ1v) is 8.16. The molecule has 0 aliphatic heterocycles. The molecule has 3 rings (SSSR count). The van der Waals surface area contributed by atoms with Gasteiger partial charge in [0.1, 0.15) is 5.69 Å². The summed E-state index contributed by atoms with van der Waals surface area (Å²) in [5.41, 5.74) is 9.58. The lowest BCUT2D eigenvalue weighted by Crippen LogP contribution is -1.87. The molecule has 2 heterocycles. The van der Waals surface area contributed by atoms with E-state index in [2.05, 4.69) is 55.1 Å². The molecule has 0 atom stereocenters. The van der Waals surface area contributed by atoms with E-state index >= 15 is 0 Å². The Bertz CT molecular complexity index is 738. The van der Waals surface area contributed by atoms with Gasteiger partial charge < -0.3 is 10.3 Å². The number of nitrogen functional groups attached to an aromatic ring is 1. The number of nitrogens with zero attached hydrogens (tertiary/aromatic N) is 1. The molecule has 3 nitrogen and oxygen atoms in total. The monoisotopic (exact) mass is 446 g/mol. The Morgan fingerprint density at radius 3 is 2.79 bits per heavy atom. The number of nitrogens with two attached hydrogens (primary N) is 1. The average molecular weight is 447 g/mol. The number of rotatable bonds is 2. The summed E-state index contributed by atoms with van der Waals surface area (Å²) in [4.78, 5) is 0. The molecule has 6 heteroatoms. The summed E-state index contributed by atoms with van der Waals surface area (Å²) in [5.74, 6) is 0.342. The highest BCUT2D eigenvalue weighted by atomic mass is 127. The second-order valence-corrected chi connectivity index (χ2v) is 7.64. The van der Waals surface area contributed by atoms with Gasteiger partial charge in [-0.1, -0.05) is 33.2 Å². The number of halogens is 2. The molecule has 2 N–H and O–H groups in total. The van der Waals surface area contributed by atoms with Gasteiger partial charge in [0.25, 0.3) is 0 Å². The Balaban J connectivity index is 2.19. The molecule has 0 radical (unpaired) electrons. The minimum atomic E-state index is 0.342. The van der Waals surface area contributed by atoms with E-state index in [4.69, 9.17) is 10.3 Å². The molecule has 0 spiro atoms. The molecule has 0 fully saturated rings. The quantitative estimate of drug-likeness (QED) is 0.562. The van der Waals surface area contributed by atoms with Crippen molar-refractivity contribution >= 4 is 55.7 Å². The molecule has 96 valence electrons. The highest BCUT2D eigenvalue weighted by Gasteiger charge is 2.18. The van der Waals surface area contributed by atoms with E-state index in [9.17, 15) is 0 Å². The van der Waals surface area contributed by atoms with Crippen molar-refractivity contribution in [2.75, 3.05) is 5.73 Å². The fourth-order valence-electron chi connectivity index (χ4n) is 1.86. The molecular weight excluding hydrogens is 439 g/mol. The van der Waals surface area contributed by atoms with Crippen LogP contribution in [0.2, 0.25) is 0 Å². The van der Waals surface area contributed by atoms with Gasteiger partial charge in [-0.2, -0.15) is 0 Å². The predicted molar refractivity (Wildman–Crippen MR) is 90.1 cm³/mol. The average Bonchev–Trinajstić information content (AvgIpc) is 2.95. The first-order valence-electron chi connectivity index (χ1n) is 5.40. The number of aromatic nitrogens is 1. The number of benzene rings is 1. The number of hydrogen-bond acceptors (Lipinski definition) is 4. The van der Waals surface area contributed by atoms with Gasteiger partial charge >= 0.3 is 0 Å². The van der Waals surface area contributed by atoms with Crippen molar-refractivity contribution in [3.05, 3.63) is 43.1 Å². The molecule has 0 saturated carbocycles. The van der Waals surface area contributed by atoms with Crippen LogP contribution in [-0.4, -0.2) is 5.16 Å². The Labute approximate surface area is 136 Å². The maximum Gasteiger partial charge on any atom is 0.230 e. The van der Waals surface area contributed by atoms with Crippen LogP contribution in [0.15, 0.2) is 44.7 Å². The normalized spacial score (nSPS) is 10.8. The second-order valence-electron chi connectivity index (χ2n) is 3.92. The molecule has 1 aromatic carbocycles. The first kappa shape index (κ1) is 13.1. The van der Waals surface area contributed by atoms with Gasteiger partial charge in [0.05, 0.1) is 8.45 Å². The van der Waals surface area contributed by atoms with Crippen LogP contribution in [-0.2, 0) is 0 Å². The smallest absolute Gasteiger partial charge is 0.230 e. The zero-order valence-electron chi connectivity index (χ0n) is 9.56. The van der Waals surface area contributed by atoms with E-state index in [-0.39, 0.29) is 0 Å². The van der Waals surface area contributed by atoms with Crippen LogP contribution < -0.4 is 5.73 Å². The summed E-state index contributed by atoms with van der Waals surface area (Å²) in [6.07, 6.45) is 0. The summed E-state index contributed by atoms with van der Waals surface area (Å²) in [5, 5.41) is 6.15. The van der Waals surface area contributed by atoms with E-state index in [1.807, 2.05) is 24.3 Å². The lowest BCUT2D eigenvalue weighted by Gasteiger charge is -2.01. The Kier molecular flexibility index (Phi) is 3.64. The SMILES string of the molecule is Nc1onc(-c2csc(I)c2)c1-c1cccc(Br)c1. The summed E-state index contributed by atoms with van der Waals surface area (Å²) in [6, 6.07) is 10.0. The summed E-state index contributed by atoms with van der Waals surface area (Å²) in [7, 11) is 0. The molecule has 0 bridgehead atoms. The van der Waals surface area contributed by atoms with E-state index < -0.39 is 0 Å². The van der Waals surface area contributed by atoms with Gasteiger partial charge in [-0.05, 0) is 46.4 Å². The van der Waals surface area contributed by atoms with Crippen molar-refractivity contribution in [1.82, 2.24) is 5.16 Å². The Morgan fingerprint density at radius 2 is 2.11 bits per heavy atom. The predicted octanol–water partition coefficient (Wildman–Crippen LogP) is 5.02. The molecule has 0 saturated heterocycles. The fourth-order valence-corrected chi connectivity index (χ4v) is 3.59. The van der Waals surface area contributed by atoms with Crippen LogP contribution in [0.4, 0.5) is 5.88 Å². The topological polar surface area (TPSA) is 52.0 Å². The maximum atomic E-state index is 5.92. The van der Waals surface area contributed by atoms with Crippen LogP contribution in [0, 0.1) is 2.88 Å². The van der Waals surface area contributed by atoms with Crippen molar-refractivity contribution in [3.8, 4) is 22.4 Å². The van der Waals surface area contributed by atoms with Crippen LogP contribution in [0.25, 0.3) is 22.4 Å². The standard InChI is InChI=1S/C13H8BrIN2OS/c14-9-3-1-2-7(4-9)11-12(17-18-13(11)16)8-5-10(15)19-6-8/h1-6H,16H2. The minimum Gasteiger partial charge on any atom is -0.367 e. The Morgan fingerprint density at radius 1 is 1.26 bits per heavy atom. The van der Waals surface area contributed by atoms with Gasteiger partial charge in [0.2, 0.25) is 5.88 Å². The number of hydrogen-bond donors (Lipinski definition) is 1. The van der Waals surface area contributed by atoms with E-state index in [1.54, 1.807) is 11.3 Å². The fraction of sp³-hybridized carbons (Fsp3) is 0. The van der Waals surface area contributed by atoms with Crippen molar-refractivity contribution in [1.29, 1.82) is 0 Å². The van der Waals surface area contributed by atoms with Gasteiger partial charge in [0, 0.05) is 15.4 Å². The van der Waals surface area contributed by atoms with Gasteiger partial charge in [0.15, 0.2) is 0 Å². The van der Waals surface area contributed by atoms with E-state index in [1.165, 1.54) is 2.88 Å². The molecule has 0 amide bonds. The number of thiophene rings is 1. The van der Waals surface area contributed by atoms with Gasteiger partial charge in [-0.15, -0.1) is 11.3 Å². The third kappa shape index (κ3) is 2.56. The second kappa shape index (κ2) is 5.26. The van der Waals surface area contributed by atoms with Gasteiger partial charge in [-0.3, -0.25) is 0 Å². The third-order valence-corrected chi connectivity index (χ3v) is 4.95. The summed E-state index contributed by atoms with van der Waals surface area (Å²) >= 11 is 7.42.